The van der Waals surface area contributed by atoms with Gasteiger partial charge in [0.2, 0.25) is 0 Å². The summed E-state index contributed by atoms with van der Waals surface area (Å²) in [7, 11) is 1.44. The molecule has 0 spiro atoms. The number of pyridine rings is 1. The second-order valence-corrected chi connectivity index (χ2v) is 5.56. The summed E-state index contributed by atoms with van der Waals surface area (Å²) in [6.07, 6.45) is 1.45. The van der Waals surface area contributed by atoms with Crippen LogP contribution in [0.1, 0.15) is 0 Å². The topological polar surface area (TPSA) is 67.0 Å². The van der Waals surface area contributed by atoms with Crippen LogP contribution in [-0.4, -0.2) is 13.4 Å². The molecule has 0 radical (unpaired) electrons. The van der Waals surface area contributed by atoms with E-state index in [1.54, 1.807) is 6.07 Å². The minimum absolute atomic E-state index is 0.0118. The summed E-state index contributed by atoms with van der Waals surface area (Å²) in [5, 5.41) is 0.974. The average molecular weight is 244 g/mol. The molecule has 1 N–H and O–H groups in total. The molecule has 4 nitrogen and oxygen atoms in total. The zero-order chi connectivity index (χ0) is 11.1. The summed E-state index contributed by atoms with van der Waals surface area (Å²) in [5.41, 5.74) is -0.258. The Kier molecular flexibility index (Phi) is 2.28. The number of hydrogen-bond donors (Lipinski definition) is 1. The van der Waals surface area contributed by atoms with Crippen molar-refractivity contribution < 1.29 is 8.42 Å². The molecule has 1 aromatic carbocycles. The maximum absolute atomic E-state index is 11.3. The van der Waals surface area contributed by atoms with Gasteiger partial charge in [0.25, 0.3) is 14.6 Å². The second-order valence-electron chi connectivity index (χ2n) is 2.99. The summed E-state index contributed by atoms with van der Waals surface area (Å²) < 4.78 is 22.1. The first-order chi connectivity index (χ1) is 6.98. The first-order valence-corrected chi connectivity index (χ1v) is 6.35. The summed E-state index contributed by atoms with van der Waals surface area (Å²) >= 11 is 0. The van der Waals surface area contributed by atoms with Crippen LogP contribution in [0.5, 0.6) is 0 Å². The first kappa shape index (κ1) is 10.2. The third kappa shape index (κ3) is 1.88. The van der Waals surface area contributed by atoms with Gasteiger partial charge >= 0.3 is 0 Å². The van der Waals surface area contributed by atoms with E-state index in [0.717, 1.165) is 0 Å². The van der Waals surface area contributed by atoms with Crippen molar-refractivity contribution >= 4 is 30.5 Å². The van der Waals surface area contributed by atoms with E-state index in [4.69, 9.17) is 10.7 Å². The Balaban J connectivity index is 2.85. The van der Waals surface area contributed by atoms with Crippen LogP contribution in [0.3, 0.4) is 0 Å². The summed E-state index contributed by atoms with van der Waals surface area (Å²) in [5.74, 6) is 0. The fourth-order valence-corrected chi connectivity index (χ4v) is 2.11. The van der Waals surface area contributed by atoms with Crippen molar-refractivity contribution in [3.63, 3.8) is 0 Å². The maximum Gasteiger partial charge on any atom is 0.261 e. The highest BCUT2D eigenvalue weighted by atomic mass is 35.7. The van der Waals surface area contributed by atoms with Crippen molar-refractivity contribution in [2.75, 3.05) is 0 Å². The molecule has 6 heteroatoms. The second kappa shape index (κ2) is 3.36. The van der Waals surface area contributed by atoms with Gasteiger partial charge in [0.15, 0.2) is 0 Å². The Labute approximate surface area is 89.9 Å². The van der Waals surface area contributed by atoms with Crippen LogP contribution >= 0.6 is 10.7 Å². The van der Waals surface area contributed by atoms with Gasteiger partial charge in [-0.1, -0.05) is 0 Å². The monoisotopic (exact) mass is 243 g/mol. The van der Waals surface area contributed by atoms with Crippen LogP contribution in [0.4, 0.5) is 0 Å². The van der Waals surface area contributed by atoms with E-state index in [1.165, 1.54) is 24.4 Å². The number of fused-ring (bicyclic) bond motifs is 1. The van der Waals surface area contributed by atoms with E-state index in [0.29, 0.717) is 10.8 Å². The van der Waals surface area contributed by atoms with Crippen LogP contribution in [-0.2, 0) is 9.05 Å². The molecule has 0 aliphatic rings. The average Bonchev–Trinajstić information content (AvgIpc) is 2.16. The molecule has 0 saturated carbocycles. The quantitative estimate of drug-likeness (QED) is 0.771. The zero-order valence-electron chi connectivity index (χ0n) is 7.40. The van der Waals surface area contributed by atoms with Crippen LogP contribution < -0.4 is 5.56 Å². The molecule has 0 fully saturated rings. The van der Waals surface area contributed by atoms with E-state index in [9.17, 15) is 13.2 Å². The lowest BCUT2D eigenvalue weighted by Crippen LogP contribution is -2.04. The molecular formula is C9H6ClNO3S. The molecule has 0 bridgehead atoms. The van der Waals surface area contributed by atoms with Crippen LogP contribution in [0.2, 0.25) is 0 Å². The Morgan fingerprint density at radius 2 is 1.93 bits per heavy atom. The molecule has 0 unspecified atom stereocenters. The predicted molar refractivity (Wildman–Crippen MR) is 57.6 cm³/mol. The molecule has 2 aromatic rings. The van der Waals surface area contributed by atoms with Crippen molar-refractivity contribution in [1.29, 1.82) is 0 Å². The lowest BCUT2D eigenvalue weighted by molar-refractivity contribution is 0.609. The van der Waals surface area contributed by atoms with Crippen molar-refractivity contribution in [1.82, 2.24) is 4.98 Å². The highest BCUT2D eigenvalue weighted by Gasteiger charge is 2.10. The lowest BCUT2D eigenvalue weighted by Gasteiger charge is -1.98. The van der Waals surface area contributed by atoms with Crippen LogP contribution in [0.15, 0.2) is 40.2 Å². The molecule has 1 aromatic heterocycles. The number of benzene rings is 1. The number of hydrogen-bond acceptors (Lipinski definition) is 3. The first-order valence-electron chi connectivity index (χ1n) is 4.04. The molecule has 0 saturated heterocycles. The predicted octanol–water partition coefficient (Wildman–Crippen LogP) is 1.46. The summed E-state index contributed by atoms with van der Waals surface area (Å²) in [4.78, 5) is 13.8. The van der Waals surface area contributed by atoms with Gasteiger partial charge in [-0.05, 0) is 29.7 Å². The Morgan fingerprint density at radius 3 is 2.60 bits per heavy atom. The Morgan fingerprint density at radius 1 is 1.20 bits per heavy atom. The lowest BCUT2D eigenvalue weighted by atomic mass is 10.2. The van der Waals surface area contributed by atoms with Gasteiger partial charge in [0, 0.05) is 22.3 Å². The summed E-state index contributed by atoms with van der Waals surface area (Å²) in [6.45, 7) is 0. The molecular weight excluding hydrogens is 238 g/mol. The molecule has 1 heterocycles. The van der Waals surface area contributed by atoms with E-state index in [-0.39, 0.29) is 10.5 Å². The van der Waals surface area contributed by atoms with E-state index in [1.807, 2.05) is 0 Å². The SMILES string of the molecule is O=c1[nH]ccc2cc(S(=O)(=O)Cl)ccc12. The number of aromatic nitrogens is 1. The third-order valence-electron chi connectivity index (χ3n) is 2.03. The third-order valence-corrected chi connectivity index (χ3v) is 3.38. The molecule has 0 aliphatic heterocycles. The number of aromatic amines is 1. The largest absolute Gasteiger partial charge is 0.329 e. The molecule has 0 amide bonds. The Bertz CT molecular complexity index is 675. The maximum atomic E-state index is 11.3. The molecule has 78 valence electrons. The number of H-pyrrole nitrogens is 1. The Hall–Kier alpha value is -1.33. The smallest absolute Gasteiger partial charge is 0.261 e. The number of rotatable bonds is 1. The molecule has 0 aliphatic carbocycles. The normalized spacial score (nSPS) is 11.8. The highest BCUT2D eigenvalue weighted by molar-refractivity contribution is 8.13. The standard InChI is InChI=1S/C9H6ClNO3S/c10-15(13,14)7-1-2-8-6(5-7)3-4-11-9(8)12/h1-5H,(H,11,12). The summed E-state index contributed by atoms with van der Waals surface area (Å²) in [6, 6.07) is 5.72. The minimum Gasteiger partial charge on any atom is -0.329 e. The molecule has 2 rings (SSSR count). The van der Waals surface area contributed by atoms with Gasteiger partial charge in [-0.15, -0.1) is 0 Å². The van der Waals surface area contributed by atoms with Crippen molar-refractivity contribution in [3.05, 3.63) is 40.8 Å². The van der Waals surface area contributed by atoms with Crippen LogP contribution in [0, 0.1) is 0 Å². The van der Waals surface area contributed by atoms with Crippen molar-refractivity contribution in [2.45, 2.75) is 4.90 Å². The molecule has 15 heavy (non-hydrogen) atoms. The molecule has 0 atom stereocenters. The van der Waals surface area contributed by atoms with Gasteiger partial charge in [0.1, 0.15) is 0 Å². The van der Waals surface area contributed by atoms with Gasteiger partial charge in [-0.25, -0.2) is 8.42 Å². The number of halogens is 1. The highest BCUT2D eigenvalue weighted by Crippen LogP contribution is 2.19. The van der Waals surface area contributed by atoms with E-state index in [2.05, 4.69) is 4.98 Å². The van der Waals surface area contributed by atoms with Crippen LogP contribution in [0.25, 0.3) is 10.8 Å². The zero-order valence-corrected chi connectivity index (χ0v) is 8.97. The van der Waals surface area contributed by atoms with Crippen molar-refractivity contribution in [2.24, 2.45) is 0 Å². The minimum atomic E-state index is -3.75. The van der Waals surface area contributed by atoms with E-state index >= 15 is 0 Å². The van der Waals surface area contributed by atoms with Gasteiger partial charge in [-0.3, -0.25) is 4.79 Å². The van der Waals surface area contributed by atoms with E-state index < -0.39 is 9.05 Å². The van der Waals surface area contributed by atoms with Gasteiger partial charge in [-0.2, -0.15) is 0 Å². The number of nitrogens with one attached hydrogen (secondary N) is 1. The van der Waals surface area contributed by atoms with Crippen molar-refractivity contribution in [3.8, 4) is 0 Å². The fraction of sp³-hybridized carbons (Fsp3) is 0. The van der Waals surface area contributed by atoms with Gasteiger partial charge in [0.05, 0.1) is 4.90 Å². The van der Waals surface area contributed by atoms with Gasteiger partial charge < -0.3 is 4.98 Å². The fourth-order valence-electron chi connectivity index (χ4n) is 1.32.